The molecule has 2 aliphatic heterocycles. The molecule has 1 aromatic heterocycles. The summed E-state index contributed by atoms with van der Waals surface area (Å²) < 4.78 is 24.5. The van der Waals surface area contributed by atoms with Crippen LogP contribution in [0, 0.1) is 13.8 Å². The van der Waals surface area contributed by atoms with Gasteiger partial charge in [-0.15, -0.1) is 0 Å². The van der Waals surface area contributed by atoms with Gasteiger partial charge in [0.2, 0.25) is 0 Å². The van der Waals surface area contributed by atoms with Crippen molar-refractivity contribution < 1.29 is 18.3 Å². The van der Waals surface area contributed by atoms with Crippen molar-refractivity contribution in [3.63, 3.8) is 0 Å². The number of hydrogen-bond donors (Lipinski definition) is 1. The van der Waals surface area contributed by atoms with Crippen LogP contribution in [0.1, 0.15) is 49.6 Å². The van der Waals surface area contributed by atoms with Crippen LogP contribution in [-0.2, 0) is 20.4 Å². The number of aryl methyl sites for hydroxylation is 2. The summed E-state index contributed by atoms with van der Waals surface area (Å²) >= 11 is 0. The van der Waals surface area contributed by atoms with Crippen LogP contribution in [0.5, 0.6) is 5.75 Å². The van der Waals surface area contributed by atoms with Gasteiger partial charge in [-0.3, -0.25) is 23.4 Å². The van der Waals surface area contributed by atoms with Crippen LogP contribution in [0.2, 0.25) is 0 Å². The summed E-state index contributed by atoms with van der Waals surface area (Å²) in [6.07, 6.45) is 2.37. The molecule has 2 aliphatic rings. The van der Waals surface area contributed by atoms with Gasteiger partial charge in [0.15, 0.2) is 0 Å². The summed E-state index contributed by atoms with van der Waals surface area (Å²) in [6, 6.07) is 5.96. The normalized spacial score (nSPS) is 23.0. The highest BCUT2D eigenvalue weighted by molar-refractivity contribution is 7.42. The van der Waals surface area contributed by atoms with Gasteiger partial charge < -0.3 is 9.26 Å². The van der Waals surface area contributed by atoms with Gasteiger partial charge in [-0.25, -0.2) is 4.79 Å². The number of rotatable bonds is 4. The van der Waals surface area contributed by atoms with E-state index in [1.807, 2.05) is 39.0 Å². The van der Waals surface area contributed by atoms with E-state index in [2.05, 4.69) is 4.98 Å². The molecule has 0 amide bonds. The first-order valence-electron chi connectivity index (χ1n) is 9.80. The zero-order valence-electron chi connectivity index (χ0n) is 17.1. The van der Waals surface area contributed by atoms with E-state index in [1.165, 1.54) is 10.8 Å². The Labute approximate surface area is 170 Å². The Morgan fingerprint density at radius 1 is 1.24 bits per heavy atom. The molecule has 0 bridgehead atoms. The Bertz CT molecular complexity index is 957. The molecule has 4 rings (SSSR count). The molecule has 29 heavy (non-hydrogen) atoms. The fraction of sp³-hybridized carbons (Fsp3) is 0.500. The average Bonchev–Trinajstić information content (AvgIpc) is 3.19. The molecule has 0 radical (unpaired) electrons. The lowest BCUT2D eigenvalue weighted by atomic mass is 10.1. The van der Waals surface area contributed by atoms with Crippen molar-refractivity contribution in [2.75, 3.05) is 6.61 Å². The van der Waals surface area contributed by atoms with Crippen LogP contribution in [-0.4, -0.2) is 22.3 Å². The van der Waals surface area contributed by atoms with Crippen LogP contribution in [0.3, 0.4) is 0 Å². The molecule has 1 saturated heterocycles. The van der Waals surface area contributed by atoms with Crippen molar-refractivity contribution in [1.82, 2.24) is 9.55 Å². The molecule has 2 aromatic rings. The molecule has 1 fully saturated rings. The van der Waals surface area contributed by atoms with Crippen molar-refractivity contribution in [3.8, 4) is 5.75 Å². The molecule has 158 valence electrons. The van der Waals surface area contributed by atoms with Crippen LogP contribution in [0.25, 0.3) is 0 Å². The number of aromatic nitrogens is 2. The van der Waals surface area contributed by atoms with E-state index in [4.69, 9.17) is 18.3 Å². The number of H-pyrrole nitrogens is 1. The molecular weight excluding hydrogens is 395 g/mol. The molecule has 3 unspecified atom stereocenters. The fourth-order valence-corrected chi connectivity index (χ4v) is 4.21. The first-order chi connectivity index (χ1) is 14.0. The topological polar surface area (TPSA) is 91.8 Å². The second-order valence-electron chi connectivity index (χ2n) is 6.76. The van der Waals surface area contributed by atoms with Gasteiger partial charge in [-0.05, 0) is 32.8 Å². The van der Waals surface area contributed by atoms with E-state index < -0.39 is 20.5 Å². The Hall–Kier alpha value is -1.99. The summed E-state index contributed by atoms with van der Waals surface area (Å²) in [6.45, 7) is 8.46. The average molecular weight is 422 g/mol. The minimum absolute atomic E-state index is 0.164. The maximum Gasteiger partial charge on any atom is 0.397 e. The van der Waals surface area contributed by atoms with Gasteiger partial charge in [0.05, 0.1) is 19.3 Å². The van der Waals surface area contributed by atoms with E-state index >= 15 is 0 Å². The SMILES string of the molecule is CC.Cc1ccc2c(c1)COP(OCC1CCC(n3cc(C)c(=O)[nH]c3=O)O1)O2. The third-order valence-corrected chi connectivity index (χ3v) is 5.67. The lowest BCUT2D eigenvalue weighted by Gasteiger charge is -2.25. The first kappa shape index (κ1) is 21.7. The second kappa shape index (κ2) is 9.67. The number of benzene rings is 1. The molecule has 0 aliphatic carbocycles. The van der Waals surface area contributed by atoms with Crippen molar-refractivity contribution in [2.45, 2.75) is 59.5 Å². The lowest BCUT2D eigenvalue weighted by molar-refractivity contribution is -0.0230. The Kier molecular flexibility index (Phi) is 7.24. The molecule has 3 atom stereocenters. The van der Waals surface area contributed by atoms with E-state index in [0.717, 1.165) is 23.3 Å². The van der Waals surface area contributed by atoms with Crippen molar-refractivity contribution >= 4 is 8.60 Å². The summed E-state index contributed by atoms with van der Waals surface area (Å²) in [5, 5.41) is 0. The summed E-state index contributed by atoms with van der Waals surface area (Å²) in [5.41, 5.74) is 1.80. The Morgan fingerprint density at radius 2 is 2.03 bits per heavy atom. The molecule has 1 aromatic carbocycles. The largest absolute Gasteiger partial charge is 0.426 e. The highest BCUT2D eigenvalue weighted by Gasteiger charge is 2.30. The van der Waals surface area contributed by atoms with Crippen LogP contribution >= 0.6 is 8.60 Å². The van der Waals surface area contributed by atoms with Crippen molar-refractivity contribution in [3.05, 3.63) is 61.9 Å². The monoisotopic (exact) mass is 422 g/mol. The summed E-state index contributed by atoms with van der Waals surface area (Å²) in [7, 11) is -1.46. The highest BCUT2D eigenvalue weighted by Crippen LogP contribution is 2.47. The quantitative estimate of drug-likeness (QED) is 0.756. The molecule has 9 heteroatoms. The zero-order valence-corrected chi connectivity index (χ0v) is 18.0. The number of ether oxygens (including phenoxy) is 1. The summed E-state index contributed by atoms with van der Waals surface area (Å²) in [5.74, 6) is 0.790. The molecule has 8 nitrogen and oxygen atoms in total. The predicted molar refractivity (Wildman–Crippen MR) is 110 cm³/mol. The van der Waals surface area contributed by atoms with Gasteiger partial charge in [-0.2, -0.15) is 0 Å². The molecule has 0 spiro atoms. The third kappa shape index (κ3) is 5.14. The minimum Gasteiger partial charge on any atom is -0.426 e. The number of nitrogens with one attached hydrogen (secondary N) is 1. The van der Waals surface area contributed by atoms with E-state index in [-0.39, 0.29) is 11.7 Å². The van der Waals surface area contributed by atoms with Gasteiger partial charge in [0.1, 0.15) is 12.0 Å². The van der Waals surface area contributed by atoms with Crippen molar-refractivity contribution in [1.29, 1.82) is 0 Å². The van der Waals surface area contributed by atoms with Crippen LogP contribution < -0.4 is 15.8 Å². The van der Waals surface area contributed by atoms with Gasteiger partial charge >= 0.3 is 14.3 Å². The lowest BCUT2D eigenvalue weighted by Crippen LogP contribution is -2.33. The fourth-order valence-electron chi connectivity index (χ4n) is 3.16. The maximum atomic E-state index is 12.0. The minimum atomic E-state index is -1.46. The summed E-state index contributed by atoms with van der Waals surface area (Å²) in [4.78, 5) is 25.8. The first-order valence-corrected chi connectivity index (χ1v) is 10.9. The zero-order chi connectivity index (χ0) is 21.0. The molecule has 0 saturated carbocycles. The van der Waals surface area contributed by atoms with Crippen LogP contribution in [0.4, 0.5) is 0 Å². The Balaban J connectivity index is 0.00000117. The maximum absolute atomic E-state index is 12.0. The molecular formula is C20H27N2O6P. The number of hydrogen-bond acceptors (Lipinski definition) is 6. The van der Waals surface area contributed by atoms with E-state index in [1.54, 1.807) is 6.92 Å². The number of nitrogens with zero attached hydrogens (tertiary/aromatic N) is 1. The van der Waals surface area contributed by atoms with E-state index in [9.17, 15) is 9.59 Å². The van der Waals surface area contributed by atoms with Gasteiger partial charge in [-0.1, -0.05) is 31.5 Å². The molecule has 1 N–H and O–H groups in total. The smallest absolute Gasteiger partial charge is 0.397 e. The molecule has 3 heterocycles. The standard InChI is InChI=1S/C18H21N2O6P.C2H6/c1-11-3-5-15-13(7-11)9-23-27(26-15)24-10-14-4-6-16(25-14)20-8-12(2)17(21)19-18(20)22;1-2/h3,5,7-8,14,16H,4,6,9-10H2,1-2H3,(H,19,21,22);1-2H3. The highest BCUT2D eigenvalue weighted by atomic mass is 31.2. The van der Waals surface area contributed by atoms with Gasteiger partial charge in [0.25, 0.3) is 5.56 Å². The number of aromatic amines is 1. The van der Waals surface area contributed by atoms with Gasteiger partial charge in [0, 0.05) is 17.3 Å². The van der Waals surface area contributed by atoms with Crippen LogP contribution in [0.15, 0.2) is 34.0 Å². The van der Waals surface area contributed by atoms with E-state index in [0.29, 0.717) is 25.2 Å². The second-order valence-corrected chi connectivity index (χ2v) is 7.91. The Morgan fingerprint density at radius 3 is 2.83 bits per heavy atom. The van der Waals surface area contributed by atoms with Crippen molar-refractivity contribution in [2.24, 2.45) is 0 Å². The predicted octanol–water partition coefficient (Wildman–Crippen LogP) is 3.71. The number of fused-ring (bicyclic) bond motifs is 1. The third-order valence-electron chi connectivity index (χ3n) is 4.62.